The van der Waals surface area contributed by atoms with Crippen LogP contribution in [0.2, 0.25) is 0 Å². The van der Waals surface area contributed by atoms with Crippen molar-refractivity contribution in [3.63, 3.8) is 0 Å². The smallest absolute Gasteiger partial charge is 0.172 e. The van der Waals surface area contributed by atoms with Gasteiger partial charge in [0.05, 0.1) is 22.4 Å². The predicted octanol–water partition coefficient (Wildman–Crippen LogP) is 6.18. The molecule has 144 valence electrons. The standard InChI is InChI=1S/C22H22BrFN4/c1-4-9-15(10-5-2)19(6-3)26-21-13-20(16-11-7-8-12-18(16)24)27-22-17(23)14-25-28(21)22/h4-5,7-14,19,26H,1,6H2,2-3H3/b10-5-,15-9+. The largest absolute Gasteiger partial charge is 0.363 e. The highest BCUT2D eigenvalue weighted by atomic mass is 79.9. The van der Waals surface area contributed by atoms with Gasteiger partial charge in [0.2, 0.25) is 0 Å². The number of hydrogen-bond donors (Lipinski definition) is 1. The number of rotatable bonds is 7. The number of hydrogen-bond acceptors (Lipinski definition) is 3. The summed E-state index contributed by atoms with van der Waals surface area (Å²) in [5.74, 6) is 0.425. The first-order valence-electron chi connectivity index (χ1n) is 9.10. The molecule has 2 heterocycles. The highest BCUT2D eigenvalue weighted by Crippen LogP contribution is 2.28. The van der Waals surface area contributed by atoms with Crippen molar-refractivity contribution >= 4 is 27.4 Å². The lowest BCUT2D eigenvalue weighted by Crippen LogP contribution is -2.22. The topological polar surface area (TPSA) is 42.2 Å². The molecule has 0 saturated heterocycles. The summed E-state index contributed by atoms with van der Waals surface area (Å²) in [7, 11) is 0. The van der Waals surface area contributed by atoms with E-state index >= 15 is 0 Å². The van der Waals surface area contributed by atoms with E-state index in [2.05, 4.69) is 50.9 Å². The second kappa shape index (κ2) is 8.97. The number of anilines is 1. The SMILES string of the molecule is C=C/C=C(\C=C/C)C(CC)Nc1cc(-c2ccccc2F)nc2c(Br)cnn12. The Labute approximate surface area is 172 Å². The first-order chi connectivity index (χ1) is 13.6. The number of halogens is 2. The van der Waals surface area contributed by atoms with E-state index in [4.69, 9.17) is 0 Å². The van der Waals surface area contributed by atoms with Crippen LogP contribution in [0.3, 0.4) is 0 Å². The normalized spacial score (nSPS) is 13.2. The Morgan fingerprint density at radius 1 is 1.39 bits per heavy atom. The van der Waals surface area contributed by atoms with Crippen LogP contribution in [0.5, 0.6) is 0 Å². The fourth-order valence-corrected chi connectivity index (χ4v) is 3.41. The maximum absolute atomic E-state index is 14.4. The van der Waals surface area contributed by atoms with Crippen molar-refractivity contribution in [3.8, 4) is 11.3 Å². The van der Waals surface area contributed by atoms with E-state index in [-0.39, 0.29) is 11.9 Å². The molecule has 0 spiro atoms. The van der Waals surface area contributed by atoms with Gasteiger partial charge in [0.25, 0.3) is 0 Å². The fourth-order valence-electron chi connectivity index (χ4n) is 3.06. The molecule has 0 aliphatic heterocycles. The second-order valence-corrected chi connectivity index (χ2v) is 7.10. The van der Waals surface area contributed by atoms with E-state index in [1.807, 2.05) is 25.1 Å². The number of nitrogens with one attached hydrogen (secondary N) is 1. The second-order valence-electron chi connectivity index (χ2n) is 6.24. The van der Waals surface area contributed by atoms with Gasteiger partial charge in [-0.1, -0.05) is 49.9 Å². The van der Waals surface area contributed by atoms with Crippen LogP contribution in [0.4, 0.5) is 10.2 Å². The van der Waals surface area contributed by atoms with Gasteiger partial charge in [-0.05, 0) is 47.0 Å². The molecule has 1 unspecified atom stereocenters. The van der Waals surface area contributed by atoms with E-state index in [0.29, 0.717) is 16.9 Å². The van der Waals surface area contributed by atoms with Gasteiger partial charge < -0.3 is 5.32 Å². The van der Waals surface area contributed by atoms with Gasteiger partial charge in [-0.25, -0.2) is 9.37 Å². The van der Waals surface area contributed by atoms with Crippen molar-refractivity contribution in [2.45, 2.75) is 26.3 Å². The van der Waals surface area contributed by atoms with Crippen LogP contribution in [0, 0.1) is 5.82 Å². The third-order valence-corrected chi connectivity index (χ3v) is 4.94. The molecule has 2 aromatic heterocycles. The average Bonchev–Trinajstić information content (AvgIpc) is 3.07. The fraction of sp³-hybridized carbons (Fsp3) is 0.182. The first-order valence-corrected chi connectivity index (χ1v) is 9.89. The Morgan fingerprint density at radius 2 is 2.18 bits per heavy atom. The summed E-state index contributed by atoms with van der Waals surface area (Å²) in [6.45, 7) is 7.90. The molecule has 4 nitrogen and oxygen atoms in total. The summed E-state index contributed by atoms with van der Waals surface area (Å²) in [6, 6.07) is 8.50. The van der Waals surface area contributed by atoms with Crippen LogP contribution < -0.4 is 5.32 Å². The van der Waals surface area contributed by atoms with Gasteiger partial charge in [-0.3, -0.25) is 0 Å². The summed E-state index contributed by atoms with van der Waals surface area (Å²) in [6.07, 6.45) is 10.3. The molecule has 0 aliphatic carbocycles. The zero-order chi connectivity index (χ0) is 20.1. The Kier molecular flexibility index (Phi) is 6.41. The van der Waals surface area contributed by atoms with Crippen molar-refractivity contribution in [2.75, 3.05) is 5.32 Å². The van der Waals surface area contributed by atoms with Gasteiger partial charge in [0.1, 0.15) is 11.6 Å². The Balaban J connectivity index is 2.13. The Hall–Kier alpha value is -2.73. The van der Waals surface area contributed by atoms with Crippen molar-refractivity contribution in [2.24, 2.45) is 0 Å². The molecule has 0 saturated carbocycles. The first kappa shape index (κ1) is 20.0. The summed E-state index contributed by atoms with van der Waals surface area (Å²) >= 11 is 3.49. The average molecular weight is 441 g/mol. The summed E-state index contributed by atoms with van der Waals surface area (Å²) < 4.78 is 16.8. The molecule has 3 aromatic rings. The Morgan fingerprint density at radius 3 is 2.86 bits per heavy atom. The van der Waals surface area contributed by atoms with Crippen molar-refractivity contribution < 1.29 is 4.39 Å². The molecule has 0 radical (unpaired) electrons. The molecule has 0 bridgehead atoms. The molecule has 0 aliphatic rings. The quantitative estimate of drug-likeness (QED) is 0.446. The number of nitrogens with zero attached hydrogens (tertiary/aromatic N) is 3. The van der Waals surface area contributed by atoms with Gasteiger partial charge >= 0.3 is 0 Å². The van der Waals surface area contributed by atoms with E-state index in [0.717, 1.165) is 22.3 Å². The summed E-state index contributed by atoms with van der Waals surface area (Å²) in [5.41, 5.74) is 2.72. The van der Waals surface area contributed by atoms with Crippen LogP contribution in [0.1, 0.15) is 20.3 Å². The van der Waals surface area contributed by atoms with Gasteiger partial charge in [-0.2, -0.15) is 9.61 Å². The van der Waals surface area contributed by atoms with Gasteiger partial charge in [0, 0.05) is 11.6 Å². The zero-order valence-electron chi connectivity index (χ0n) is 15.9. The zero-order valence-corrected chi connectivity index (χ0v) is 17.4. The molecule has 1 N–H and O–H groups in total. The summed E-state index contributed by atoms with van der Waals surface area (Å²) in [4.78, 5) is 4.61. The Bertz CT molecular complexity index is 1050. The monoisotopic (exact) mass is 440 g/mol. The minimum absolute atomic E-state index is 0.0382. The van der Waals surface area contributed by atoms with Crippen LogP contribution in [0.15, 0.2) is 77.5 Å². The lowest BCUT2D eigenvalue weighted by atomic mass is 10.0. The van der Waals surface area contributed by atoms with Crippen LogP contribution in [0.25, 0.3) is 16.9 Å². The minimum Gasteiger partial charge on any atom is -0.363 e. The van der Waals surface area contributed by atoms with Crippen LogP contribution >= 0.6 is 15.9 Å². The number of fused-ring (bicyclic) bond motifs is 1. The number of benzene rings is 1. The minimum atomic E-state index is -0.311. The van der Waals surface area contributed by atoms with E-state index in [1.54, 1.807) is 35.0 Å². The third kappa shape index (κ3) is 4.07. The highest BCUT2D eigenvalue weighted by Gasteiger charge is 2.17. The van der Waals surface area contributed by atoms with Crippen molar-refractivity contribution in [1.29, 1.82) is 0 Å². The molecule has 6 heteroatoms. The van der Waals surface area contributed by atoms with E-state index in [1.165, 1.54) is 6.07 Å². The molecule has 3 rings (SSSR count). The van der Waals surface area contributed by atoms with Crippen molar-refractivity contribution in [3.05, 3.63) is 83.3 Å². The number of aromatic nitrogens is 3. The molecule has 0 amide bonds. The van der Waals surface area contributed by atoms with E-state index in [9.17, 15) is 4.39 Å². The third-order valence-electron chi connectivity index (χ3n) is 4.38. The molecule has 0 fully saturated rings. The summed E-state index contributed by atoms with van der Waals surface area (Å²) in [5, 5.41) is 7.94. The lowest BCUT2D eigenvalue weighted by molar-refractivity contribution is 0.630. The molecule has 1 aromatic carbocycles. The highest BCUT2D eigenvalue weighted by molar-refractivity contribution is 9.10. The van der Waals surface area contributed by atoms with Crippen molar-refractivity contribution in [1.82, 2.24) is 14.6 Å². The maximum Gasteiger partial charge on any atom is 0.172 e. The lowest BCUT2D eigenvalue weighted by Gasteiger charge is -2.21. The maximum atomic E-state index is 14.4. The van der Waals surface area contributed by atoms with Gasteiger partial charge in [-0.15, -0.1) is 0 Å². The molecule has 28 heavy (non-hydrogen) atoms. The van der Waals surface area contributed by atoms with Gasteiger partial charge in [0.15, 0.2) is 5.65 Å². The molecule has 1 atom stereocenters. The number of allylic oxidation sites excluding steroid dienone is 3. The molecular formula is C22H22BrFN4. The van der Waals surface area contributed by atoms with Crippen LogP contribution in [-0.4, -0.2) is 20.6 Å². The van der Waals surface area contributed by atoms with Crippen LogP contribution in [-0.2, 0) is 0 Å². The predicted molar refractivity (Wildman–Crippen MR) is 117 cm³/mol. The molecular weight excluding hydrogens is 419 g/mol. The van der Waals surface area contributed by atoms with E-state index < -0.39 is 0 Å².